The van der Waals surface area contributed by atoms with E-state index in [0.717, 1.165) is 52.4 Å². The second-order valence-electron chi connectivity index (χ2n) is 3.32. The Labute approximate surface area is 80.0 Å². The summed E-state index contributed by atoms with van der Waals surface area (Å²) in [5, 5.41) is 11.8. The lowest BCUT2D eigenvalue weighted by Gasteiger charge is -2.18. The van der Waals surface area contributed by atoms with Gasteiger partial charge in [0.05, 0.1) is 6.67 Å². The fourth-order valence-corrected chi connectivity index (χ4v) is 1.31. The Hall–Kier alpha value is -0.200. The Morgan fingerprint density at radius 3 is 2.23 bits per heavy atom. The van der Waals surface area contributed by atoms with Gasteiger partial charge in [0.1, 0.15) is 0 Å². The summed E-state index contributed by atoms with van der Waals surface area (Å²) in [4.78, 5) is 0. The number of hydrazine groups is 1. The second kappa shape index (κ2) is 7.23. The van der Waals surface area contributed by atoms with Crippen molar-refractivity contribution < 1.29 is 0 Å². The summed E-state index contributed by atoms with van der Waals surface area (Å²) in [5.74, 6) is 5.74. The van der Waals surface area contributed by atoms with E-state index in [2.05, 4.69) is 16.0 Å². The molecule has 1 fully saturated rings. The first-order valence-corrected chi connectivity index (χ1v) is 5.01. The Bertz CT molecular complexity index is 107. The predicted octanol–water partition coefficient (Wildman–Crippen LogP) is -1.71. The van der Waals surface area contributed by atoms with Gasteiger partial charge >= 0.3 is 0 Å². The van der Waals surface area contributed by atoms with Crippen molar-refractivity contribution in [3.63, 3.8) is 0 Å². The van der Waals surface area contributed by atoms with Crippen LogP contribution in [0.4, 0.5) is 0 Å². The minimum absolute atomic E-state index is 0.779. The Balaban J connectivity index is 2.11. The van der Waals surface area contributed by atoms with E-state index in [-0.39, 0.29) is 0 Å². The smallest absolute Gasteiger partial charge is 0.0618 e. The van der Waals surface area contributed by atoms with Crippen LogP contribution in [0.5, 0.6) is 0 Å². The molecule has 5 N–H and O–H groups in total. The van der Waals surface area contributed by atoms with Gasteiger partial charge in [-0.05, 0) is 13.0 Å². The highest BCUT2D eigenvalue weighted by Crippen LogP contribution is 1.81. The van der Waals surface area contributed by atoms with Crippen LogP contribution in [0.2, 0.25) is 0 Å². The van der Waals surface area contributed by atoms with Crippen molar-refractivity contribution in [2.75, 3.05) is 45.9 Å². The number of hydrogen-bond donors (Lipinski definition) is 4. The molecule has 1 heterocycles. The Kier molecular flexibility index (Phi) is 6.05. The van der Waals surface area contributed by atoms with Gasteiger partial charge in [-0.3, -0.25) is 5.84 Å². The van der Waals surface area contributed by atoms with E-state index in [0.29, 0.717) is 0 Å². The van der Waals surface area contributed by atoms with Crippen LogP contribution in [-0.2, 0) is 0 Å². The monoisotopic (exact) mass is 187 g/mol. The summed E-state index contributed by atoms with van der Waals surface area (Å²) in [6.07, 6.45) is 1.11. The molecule has 1 rings (SSSR count). The standard InChI is InChI=1S/C8H21N5/c9-13-7-1-2-10-3-4-11-5-6-12-8-13/h10-12H,1-9H2. The molecule has 78 valence electrons. The maximum Gasteiger partial charge on any atom is 0.0618 e. The Morgan fingerprint density at radius 1 is 0.846 bits per heavy atom. The van der Waals surface area contributed by atoms with Crippen molar-refractivity contribution in [3.8, 4) is 0 Å². The van der Waals surface area contributed by atoms with E-state index < -0.39 is 0 Å². The summed E-state index contributed by atoms with van der Waals surface area (Å²) < 4.78 is 0. The fourth-order valence-electron chi connectivity index (χ4n) is 1.31. The van der Waals surface area contributed by atoms with Crippen LogP contribution in [0.25, 0.3) is 0 Å². The highest BCUT2D eigenvalue weighted by atomic mass is 15.4. The first kappa shape index (κ1) is 10.9. The minimum atomic E-state index is 0.779. The number of nitrogens with two attached hydrogens (primary N) is 1. The Morgan fingerprint density at radius 2 is 1.46 bits per heavy atom. The molecule has 0 aromatic rings. The summed E-state index contributed by atoms with van der Waals surface area (Å²) in [5.41, 5.74) is 0. The number of nitrogens with one attached hydrogen (secondary N) is 3. The largest absolute Gasteiger partial charge is 0.315 e. The molecule has 0 aromatic carbocycles. The van der Waals surface area contributed by atoms with E-state index >= 15 is 0 Å². The maximum absolute atomic E-state index is 5.74. The third-order valence-corrected chi connectivity index (χ3v) is 2.07. The van der Waals surface area contributed by atoms with Gasteiger partial charge in [0.2, 0.25) is 0 Å². The molecule has 0 amide bonds. The zero-order chi connectivity index (χ0) is 9.36. The van der Waals surface area contributed by atoms with Gasteiger partial charge in [-0.2, -0.15) is 0 Å². The number of hydrogen-bond acceptors (Lipinski definition) is 5. The molecule has 5 nitrogen and oxygen atoms in total. The van der Waals surface area contributed by atoms with Crippen LogP contribution in [0.15, 0.2) is 0 Å². The minimum Gasteiger partial charge on any atom is -0.315 e. The van der Waals surface area contributed by atoms with Gasteiger partial charge in [0.25, 0.3) is 0 Å². The van der Waals surface area contributed by atoms with Gasteiger partial charge < -0.3 is 16.0 Å². The van der Waals surface area contributed by atoms with E-state index in [4.69, 9.17) is 5.84 Å². The van der Waals surface area contributed by atoms with Crippen LogP contribution in [-0.4, -0.2) is 50.9 Å². The molecule has 0 aromatic heterocycles. The molecule has 5 heteroatoms. The zero-order valence-corrected chi connectivity index (χ0v) is 8.18. The fraction of sp³-hybridized carbons (Fsp3) is 1.00. The van der Waals surface area contributed by atoms with E-state index in [9.17, 15) is 0 Å². The molecule has 0 spiro atoms. The average Bonchev–Trinajstić information content (AvgIpc) is 2.11. The lowest BCUT2D eigenvalue weighted by atomic mass is 10.4. The first-order chi connectivity index (χ1) is 6.39. The summed E-state index contributed by atoms with van der Waals surface area (Å²) in [7, 11) is 0. The number of nitrogens with zero attached hydrogens (tertiary/aromatic N) is 1. The van der Waals surface area contributed by atoms with Gasteiger partial charge in [-0.25, -0.2) is 5.01 Å². The maximum atomic E-state index is 5.74. The lowest BCUT2D eigenvalue weighted by Crippen LogP contribution is -2.44. The molecule has 1 saturated heterocycles. The van der Waals surface area contributed by atoms with E-state index in [1.54, 1.807) is 0 Å². The van der Waals surface area contributed by atoms with Crippen molar-refractivity contribution in [2.24, 2.45) is 5.84 Å². The zero-order valence-electron chi connectivity index (χ0n) is 8.18. The third kappa shape index (κ3) is 5.95. The van der Waals surface area contributed by atoms with Gasteiger partial charge in [0.15, 0.2) is 0 Å². The summed E-state index contributed by atoms with van der Waals surface area (Å²) in [6, 6.07) is 0. The van der Waals surface area contributed by atoms with E-state index in [1.165, 1.54) is 0 Å². The van der Waals surface area contributed by atoms with Crippen LogP contribution in [0, 0.1) is 0 Å². The highest BCUT2D eigenvalue weighted by molar-refractivity contribution is 4.58. The molecule has 0 atom stereocenters. The number of rotatable bonds is 0. The van der Waals surface area contributed by atoms with Crippen molar-refractivity contribution in [2.45, 2.75) is 6.42 Å². The topological polar surface area (TPSA) is 65.3 Å². The first-order valence-electron chi connectivity index (χ1n) is 5.01. The summed E-state index contributed by atoms with van der Waals surface area (Å²) in [6.45, 7) is 6.87. The highest BCUT2D eigenvalue weighted by Gasteiger charge is 1.98. The predicted molar refractivity (Wildman–Crippen MR) is 54.1 cm³/mol. The lowest BCUT2D eigenvalue weighted by molar-refractivity contribution is 0.255. The van der Waals surface area contributed by atoms with Crippen LogP contribution in [0.1, 0.15) is 6.42 Å². The van der Waals surface area contributed by atoms with Gasteiger partial charge in [-0.15, -0.1) is 0 Å². The SMILES string of the molecule is NN1CCCNCCNCCNC1. The van der Waals surface area contributed by atoms with Gasteiger partial charge in [-0.1, -0.05) is 0 Å². The third-order valence-electron chi connectivity index (χ3n) is 2.07. The van der Waals surface area contributed by atoms with E-state index in [1.807, 2.05) is 5.01 Å². The normalized spacial score (nSPS) is 24.7. The van der Waals surface area contributed by atoms with Crippen LogP contribution < -0.4 is 21.8 Å². The molecule has 1 aliphatic rings. The van der Waals surface area contributed by atoms with Crippen molar-refractivity contribution in [1.29, 1.82) is 0 Å². The van der Waals surface area contributed by atoms with Crippen LogP contribution in [0.3, 0.4) is 0 Å². The molecule has 1 aliphatic heterocycles. The molecule has 0 saturated carbocycles. The van der Waals surface area contributed by atoms with Crippen LogP contribution >= 0.6 is 0 Å². The van der Waals surface area contributed by atoms with Crippen molar-refractivity contribution >= 4 is 0 Å². The quantitative estimate of drug-likeness (QED) is 0.340. The molecule has 0 bridgehead atoms. The molecular formula is C8H21N5. The van der Waals surface area contributed by atoms with Crippen molar-refractivity contribution in [1.82, 2.24) is 21.0 Å². The molecule has 0 aliphatic carbocycles. The average molecular weight is 187 g/mol. The second-order valence-corrected chi connectivity index (χ2v) is 3.32. The summed E-state index contributed by atoms with van der Waals surface area (Å²) >= 11 is 0. The molecular weight excluding hydrogens is 166 g/mol. The molecule has 0 unspecified atom stereocenters. The molecule has 13 heavy (non-hydrogen) atoms. The van der Waals surface area contributed by atoms with Crippen molar-refractivity contribution in [3.05, 3.63) is 0 Å². The van der Waals surface area contributed by atoms with Gasteiger partial charge in [0, 0.05) is 32.7 Å². The molecule has 0 radical (unpaired) electrons.